The molecule has 0 saturated carbocycles. The summed E-state index contributed by atoms with van der Waals surface area (Å²) in [4.78, 5) is 13.9. The summed E-state index contributed by atoms with van der Waals surface area (Å²) in [5, 5.41) is 2.83. The van der Waals surface area contributed by atoms with Crippen molar-refractivity contribution in [1.29, 1.82) is 0 Å². The Labute approximate surface area is 174 Å². The minimum absolute atomic E-state index is 0.0213. The number of ether oxygens (including phenoxy) is 1. The summed E-state index contributed by atoms with van der Waals surface area (Å²) in [5.74, 6) is -1.40. The van der Waals surface area contributed by atoms with E-state index in [2.05, 4.69) is 10.2 Å². The zero-order chi connectivity index (χ0) is 21.6. The van der Waals surface area contributed by atoms with Gasteiger partial charge in [0.15, 0.2) is 0 Å². The van der Waals surface area contributed by atoms with E-state index in [1.807, 2.05) is 0 Å². The highest BCUT2D eigenvalue weighted by Crippen LogP contribution is 2.35. The molecule has 164 valence electrons. The average Bonchev–Trinajstić information content (AvgIpc) is 3.22. The van der Waals surface area contributed by atoms with E-state index in [4.69, 9.17) is 4.74 Å². The number of amides is 1. The Morgan fingerprint density at radius 2 is 1.83 bits per heavy atom. The summed E-state index contributed by atoms with van der Waals surface area (Å²) in [6.07, 6.45) is 0.964. The summed E-state index contributed by atoms with van der Waals surface area (Å²) in [5.41, 5.74) is 2.31. The fourth-order valence-electron chi connectivity index (χ4n) is 4.57. The zero-order valence-electron chi connectivity index (χ0n) is 16.9. The van der Waals surface area contributed by atoms with Gasteiger partial charge < -0.3 is 10.1 Å². The number of nitrogens with one attached hydrogen (secondary N) is 1. The number of sulfonamides is 1. The largest absolute Gasteiger partial charge is 0.370 e. The maximum atomic E-state index is 14.3. The van der Waals surface area contributed by atoms with Crippen LogP contribution in [0.4, 0.5) is 8.78 Å². The van der Waals surface area contributed by atoms with E-state index < -0.39 is 33.8 Å². The highest BCUT2D eigenvalue weighted by atomic mass is 32.2. The number of nitrogens with zero attached hydrogens (tertiary/aromatic N) is 2. The van der Waals surface area contributed by atoms with E-state index >= 15 is 0 Å². The lowest BCUT2D eigenvalue weighted by Gasteiger charge is -2.41. The number of hydrogen-bond acceptors (Lipinski definition) is 5. The molecular formula is C20H25F2N3O4S. The molecule has 3 aliphatic heterocycles. The Hall–Kier alpha value is -1.88. The van der Waals surface area contributed by atoms with Crippen molar-refractivity contribution in [2.75, 3.05) is 39.0 Å². The first-order chi connectivity index (χ1) is 14.1. The van der Waals surface area contributed by atoms with Crippen LogP contribution in [0.1, 0.15) is 25.0 Å². The average molecular weight is 442 g/mol. The van der Waals surface area contributed by atoms with Gasteiger partial charge in [-0.15, -0.1) is 0 Å². The van der Waals surface area contributed by atoms with Crippen molar-refractivity contribution >= 4 is 15.9 Å². The molecule has 1 saturated heterocycles. The first kappa shape index (κ1) is 21.4. The fourth-order valence-corrected chi connectivity index (χ4v) is 5.35. The quantitative estimate of drug-likeness (QED) is 0.711. The lowest BCUT2D eigenvalue weighted by Crippen LogP contribution is -2.52. The van der Waals surface area contributed by atoms with Crippen molar-refractivity contribution in [3.8, 4) is 0 Å². The fraction of sp³-hybridized carbons (Fsp3) is 0.550. The van der Waals surface area contributed by atoms with Crippen LogP contribution in [0, 0.1) is 11.6 Å². The second kappa shape index (κ2) is 7.99. The maximum absolute atomic E-state index is 14.3. The van der Waals surface area contributed by atoms with Crippen LogP contribution in [0.2, 0.25) is 0 Å². The van der Waals surface area contributed by atoms with E-state index in [0.29, 0.717) is 39.2 Å². The summed E-state index contributed by atoms with van der Waals surface area (Å²) >= 11 is 0. The molecule has 1 amide bonds. The minimum atomic E-state index is -3.22. The van der Waals surface area contributed by atoms with Crippen LogP contribution in [0.25, 0.3) is 0 Å². The van der Waals surface area contributed by atoms with Crippen LogP contribution >= 0.6 is 0 Å². The molecule has 3 atom stereocenters. The zero-order valence-corrected chi connectivity index (χ0v) is 17.7. The SMILES string of the molecule is CC(=O)N[C@H]1C[C@@H](N2CC3=C(C2)CN(S(C)(=O)=O)C3)CO[C@@H]1c1cc(F)ccc1F. The molecule has 30 heavy (non-hydrogen) atoms. The van der Waals surface area contributed by atoms with Gasteiger partial charge in [0.05, 0.1) is 18.9 Å². The summed E-state index contributed by atoms with van der Waals surface area (Å²) in [7, 11) is -3.22. The standard InChI is InChI=1S/C20H25F2N3O4S/c1-12(26)23-19-6-16(11-29-20(19)17-5-15(21)3-4-18(17)22)24-7-13-9-25(30(2,27)28)10-14(13)8-24/h3-5,16,19-20H,6-11H2,1-2H3,(H,23,26)/t16-,19+,20-/m1/s1. The van der Waals surface area contributed by atoms with Gasteiger partial charge >= 0.3 is 0 Å². The molecule has 1 N–H and O–H groups in total. The molecule has 0 radical (unpaired) electrons. The molecule has 4 rings (SSSR count). The molecule has 1 fully saturated rings. The third-order valence-corrected chi connectivity index (χ3v) is 7.22. The van der Waals surface area contributed by atoms with Crippen molar-refractivity contribution in [1.82, 2.24) is 14.5 Å². The van der Waals surface area contributed by atoms with Crippen LogP contribution in [-0.2, 0) is 19.6 Å². The second-order valence-electron chi connectivity index (χ2n) is 8.26. The van der Waals surface area contributed by atoms with Crippen molar-refractivity contribution in [2.24, 2.45) is 0 Å². The van der Waals surface area contributed by atoms with Gasteiger partial charge in [0.1, 0.15) is 17.7 Å². The van der Waals surface area contributed by atoms with E-state index in [1.54, 1.807) is 0 Å². The Morgan fingerprint density at radius 1 is 1.17 bits per heavy atom. The lowest BCUT2D eigenvalue weighted by molar-refractivity contribution is -0.123. The highest BCUT2D eigenvalue weighted by Gasteiger charge is 2.41. The minimum Gasteiger partial charge on any atom is -0.370 e. The highest BCUT2D eigenvalue weighted by molar-refractivity contribution is 7.88. The molecular weight excluding hydrogens is 416 g/mol. The first-order valence-corrected chi connectivity index (χ1v) is 11.7. The first-order valence-electron chi connectivity index (χ1n) is 9.84. The topological polar surface area (TPSA) is 79.0 Å². The van der Waals surface area contributed by atoms with Gasteiger partial charge in [-0.1, -0.05) is 0 Å². The van der Waals surface area contributed by atoms with Crippen molar-refractivity contribution in [2.45, 2.75) is 31.5 Å². The van der Waals surface area contributed by atoms with Gasteiger partial charge in [-0.25, -0.2) is 17.2 Å². The summed E-state index contributed by atoms with van der Waals surface area (Å²) in [6, 6.07) is 2.70. The molecule has 1 aromatic carbocycles. The number of benzene rings is 1. The van der Waals surface area contributed by atoms with Crippen LogP contribution in [0.5, 0.6) is 0 Å². The molecule has 0 unspecified atom stereocenters. The molecule has 0 aromatic heterocycles. The van der Waals surface area contributed by atoms with Crippen LogP contribution in [0.15, 0.2) is 29.3 Å². The molecule has 0 spiro atoms. The van der Waals surface area contributed by atoms with Gasteiger partial charge in [0.2, 0.25) is 15.9 Å². The third-order valence-electron chi connectivity index (χ3n) is 6.02. The lowest BCUT2D eigenvalue weighted by atomic mass is 9.92. The van der Waals surface area contributed by atoms with Gasteiger partial charge in [-0.2, -0.15) is 4.31 Å². The molecule has 0 bridgehead atoms. The van der Waals surface area contributed by atoms with Crippen molar-refractivity contribution in [3.63, 3.8) is 0 Å². The van der Waals surface area contributed by atoms with Gasteiger partial charge in [0.25, 0.3) is 0 Å². The summed E-state index contributed by atoms with van der Waals surface area (Å²) in [6.45, 7) is 3.79. The smallest absolute Gasteiger partial charge is 0.217 e. The Morgan fingerprint density at radius 3 is 2.43 bits per heavy atom. The predicted molar refractivity (Wildman–Crippen MR) is 106 cm³/mol. The number of halogens is 2. The van der Waals surface area contributed by atoms with Crippen LogP contribution in [0.3, 0.4) is 0 Å². The van der Waals surface area contributed by atoms with Crippen molar-refractivity contribution in [3.05, 3.63) is 46.5 Å². The van der Waals surface area contributed by atoms with E-state index in [1.165, 1.54) is 17.5 Å². The van der Waals surface area contributed by atoms with Crippen molar-refractivity contribution < 1.29 is 26.7 Å². The summed E-state index contributed by atoms with van der Waals surface area (Å²) < 4.78 is 59.0. The number of carbonyl (C=O) groups is 1. The monoisotopic (exact) mass is 441 g/mol. The molecule has 3 heterocycles. The molecule has 1 aromatic rings. The number of hydrogen-bond donors (Lipinski definition) is 1. The molecule has 0 aliphatic carbocycles. The Balaban J connectivity index is 1.46. The Bertz CT molecular complexity index is 980. The van der Waals surface area contributed by atoms with Crippen LogP contribution in [-0.4, -0.2) is 74.7 Å². The third kappa shape index (κ3) is 4.27. The predicted octanol–water partition coefficient (Wildman–Crippen LogP) is 1.19. The molecule has 10 heteroatoms. The van der Waals surface area contributed by atoms with E-state index in [-0.39, 0.29) is 17.5 Å². The molecule has 7 nitrogen and oxygen atoms in total. The van der Waals surface area contributed by atoms with E-state index in [9.17, 15) is 22.0 Å². The maximum Gasteiger partial charge on any atom is 0.217 e. The van der Waals surface area contributed by atoms with E-state index in [0.717, 1.165) is 29.3 Å². The number of carbonyl (C=O) groups excluding carboxylic acids is 1. The molecule has 3 aliphatic rings. The van der Waals surface area contributed by atoms with Gasteiger partial charge in [-0.3, -0.25) is 9.69 Å². The Kier molecular flexibility index (Phi) is 5.69. The number of rotatable bonds is 4. The van der Waals surface area contributed by atoms with Crippen LogP contribution < -0.4 is 5.32 Å². The normalized spacial score (nSPS) is 28.1. The van der Waals surface area contributed by atoms with Gasteiger partial charge in [0, 0.05) is 44.7 Å². The van der Waals surface area contributed by atoms with Gasteiger partial charge in [-0.05, 0) is 35.8 Å². The second-order valence-corrected chi connectivity index (χ2v) is 10.2.